The molecule has 0 bridgehead atoms. The molecule has 0 aromatic carbocycles. The Bertz CT molecular complexity index is 150. The molecule has 14 heavy (non-hydrogen) atoms. The van der Waals surface area contributed by atoms with Crippen molar-refractivity contribution in [2.75, 3.05) is 13.2 Å². The van der Waals surface area contributed by atoms with Gasteiger partial charge >= 0.3 is 0 Å². The van der Waals surface area contributed by atoms with E-state index < -0.39 is 0 Å². The zero-order valence-corrected chi connectivity index (χ0v) is 9.68. The number of aliphatic hydroxyl groups is 1. The lowest BCUT2D eigenvalue weighted by atomic mass is 9.76. The Morgan fingerprint density at radius 1 is 1.29 bits per heavy atom. The summed E-state index contributed by atoms with van der Waals surface area (Å²) in [7, 11) is 0. The second kappa shape index (κ2) is 5.72. The molecule has 1 atom stereocenters. The molecule has 2 N–H and O–H groups in total. The highest BCUT2D eigenvalue weighted by Crippen LogP contribution is 2.31. The fraction of sp³-hybridized carbons (Fsp3) is 1.00. The Morgan fingerprint density at radius 3 is 2.57 bits per heavy atom. The highest BCUT2D eigenvalue weighted by atomic mass is 16.2. The van der Waals surface area contributed by atoms with E-state index in [1.165, 1.54) is 32.2 Å². The standard InChI is InChI=1S/C12H25NO/c1-11(2)12(8-4-6-10-14)7-3-5-9-13-12/h11,13-14H,3-10H2,1-2H3. The summed E-state index contributed by atoms with van der Waals surface area (Å²) in [6.07, 6.45) is 7.35. The maximum absolute atomic E-state index is 8.80. The molecule has 1 rings (SSSR count). The van der Waals surface area contributed by atoms with Gasteiger partial charge in [-0.2, -0.15) is 0 Å². The second-order valence-corrected chi connectivity index (χ2v) is 4.88. The molecule has 0 spiro atoms. The van der Waals surface area contributed by atoms with Gasteiger partial charge in [0.15, 0.2) is 0 Å². The molecule has 1 fully saturated rings. The van der Waals surface area contributed by atoms with Crippen LogP contribution in [0.3, 0.4) is 0 Å². The topological polar surface area (TPSA) is 32.3 Å². The fourth-order valence-corrected chi connectivity index (χ4v) is 2.54. The minimum Gasteiger partial charge on any atom is -0.396 e. The van der Waals surface area contributed by atoms with Crippen molar-refractivity contribution in [1.82, 2.24) is 5.32 Å². The van der Waals surface area contributed by atoms with Gasteiger partial charge in [-0.05, 0) is 44.6 Å². The van der Waals surface area contributed by atoms with Gasteiger partial charge in [-0.25, -0.2) is 0 Å². The molecule has 1 saturated heterocycles. The molecule has 0 aromatic heterocycles. The van der Waals surface area contributed by atoms with Gasteiger partial charge in [0.1, 0.15) is 0 Å². The number of unbranched alkanes of at least 4 members (excludes halogenated alkanes) is 1. The predicted octanol–water partition coefficient (Wildman–Crippen LogP) is 2.32. The van der Waals surface area contributed by atoms with Gasteiger partial charge in [0.2, 0.25) is 0 Å². The van der Waals surface area contributed by atoms with Crippen molar-refractivity contribution in [3.05, 3.63) is 0 Å². The smallest absolute Gasteiger partial charge is 0.0431 e. The number of rotatable bonds is 5. The molecule has 1 aliphatic rings. The molecule has 0 aromatic rings. The first-order chi connectivity index (χ1) is 6.71. The average molecular weight is 199 g/mol. The number of hydrogen-bond donors (Lipinski definition) is 2. The Morgan fingerprint density at radius 2 is 2.07 bits per heavy atom. The zero-order valence-electron chi connectivity index (χ0n) is 9.68. The van der Waals surface area contributed by atoms with Gasteiger partial charge in [0.05, 0.1) is 0 Å². The number of piperidine rings is 1. The van der Waals surface area contributed by atoms with E-state index in [4.69, 9.17) is 5.11 Å². The lowest BCUT2D eigenvalue weighted by Gasteiger charge is -2.42. The number of aliphatic hydroxyl groups excluding tert-OH is 1. The van der Waals surface area contributed by atoms with Crippen molar-refractivity contribution in [3.8, 4) is 0 Å². The van der Waals surface area contributed by atoms with Crippen LogP contribution in [0.1, 0.15) is 52.4 Å². The van der Waals surface area contributed by atoms with E-state index >= 15 is 0 Å². The van der Waals surface area contributed by atoms with Crippen LogP contribution >= 0.6 is 0 Å². The van der Waals surface area contributed by atoms with Crippen molar-refractivity contribution in [2.45, 2.75) is 57.9 Å². The summed E-state index contributed by atoms with van der Waals surface area (Å²) >= 11 is 0. The minimum atomic E-state index is 0.341. The summed E-state index contributed by atoms with van der Waals surface area (Å²) in [6, 6.07) is 0. The van der Waals surface area contributed by atoms with E-state index in [0.29, 0.717) is 18.1 Å². The summed E-state index contributed by atoms with van der Waals surface area (Å²) in [5.74, 6) is 0.710. The van der Waals surface area contributed by atoms with Gasteiger partial charge < -0.3 is 10.4 Å². The maximum Gasteiger partial charge on any atom is 0.0431 e. The van der Waals surface area contributed by atoms with Crippen LogP contribution in [0.5, 0.6) is 0 Å². The van der Waals surface area contributed by atoms with Crippen LogP contribution < -0.4 is 5.32 Å². The molecule has 1 heterocycles. The first-order valence-electron chi connectivity index (χ1n) is 6.07. The monoisotopic (exact) mass is 199 g/mol. The molecule has 1 aliphatic heterocycles. The van der Waals surface area contributed by atoms with Crippen molar-refractivity contribution in [1.29, 1.82) is 0 Å². The van der Waals surface area contributed by atoms with E-state index in [1.54, 1.807) is 0 Å². The molecular formula is C12H25NO. The van der Waals surface area contributed by atoms with Crippen molar-refractivity contribution < 1.29 is 5.11 Å². The Hall–Kier alpha value is -0.0800. The lowest BCUT2D eigenvalue weighted by Crippen LogP contribution is -2.52. The van der Waals surface area contributed by atoms with E-state index in [-0.39, 0.29) is 0 Å². The van der Waals surface area contributed by atoms with Crippen molar-refractivity contribution in [2.24, 2.45) is 5.92 Å². The quantitative estimate of drug-likeness (QED) is 0.666. The highest BCUT2D eigenvalue weighted by molar-refractivity contribution is 4.93. The molecule has 84 valence electrons. The van der Waals surface area contributed by atoms with Crippen LogP contribution in [0, 0.1) is 5.92 Å². The van der Waals surface area contributed by atoms with E-state index in [1.807, 2.05) is 0 Å². The average Bonchev–Trinajstić information content (AvgIpc) is 2.19. The predicted molar refractivity (Wildman–Crippen MR) is 60.4 cm³/mol. The van der Waals surface area contributed by atoms with Gasteiger partial charge in [-0.3, -0.25) is 0 Å². The fourth-order valence-electron chi connectivity index (χ4n) is 2.54. The Labute approximate surface area is 88.1 Å². The molecule has 0 amide bonds. The van der Waals surface area contributed by atoms with Crippen LogP contribution in [-0.2, 0) is 0 Å². The molecule has 2 heteroatoms. The van der Waals surface area contributed by atoms with Gasteiger partial charge in [0.25, 0.3) is 0 Å². The first-order valence-corrected chi connectivity index (χ1v) is 6.07. The summed E-state index contributed by atoms with van der Waals surface area (Å²) in [4.78, 5) is 0. The third-order valence-electron chi connectivity index (χ3n) is 3.66. The van der Waals surface area contributed by atoms with Crippen LogP contribution in [0.4, 0.5) is 0 Å². The Balaban J connectivity index is 2.43. The van der Waals surface area contributed by atoms with E-state index in [0.717, 1.165) is 12.8 Å². The van der Waals surface area contributed by atoms with Gasteiger partial charge in [0, 0.05) is 12.1 Å². The summed E-state index contributed by atoms with van der Waals surface area (Å²) in [5.41, 5.74) is 0.368. The summed E-state index contributed by atoms with van der Waals surface area (Å²) in [5, 5.41) is 12.5. The van der Waals surface area contributed by atoms with E-state index in [9.17, 15) is 0 Å². The first kappa shape index (κ1) is 12.0. The highest BCUT2D eigenvalue weighted by Gasteiger charge is 2.33. The van der Waals surface area contributed by atoms with Crippen LogP contribution in [0.2, 0.25) is 0 Å². The summed E-state index contributed by atoms with van der Waals surface area (Å²) < 4.78 is 0. The van der Waals surface area contributed by atoms with Crippen LogP contribution in [0.15, 0.2) is 0 Å². The Kier molecular flexibility index (Phi) is 4.90. The third kappa shape index (κ3) is 2.96. The molecule has 0 saturated carbocycles. The normalized spacial score (nSPS) is 28.3. The van der Waals surface area contributed by atoms with Crippen LogP contribution in [-0.4, -0.2) is 23.8 Å². The minimum absolute atomic E-state index is 0.341. The zero-order chi connectivity index (χ0) is 10.4. The summed E-state index contributed by atoms with van der Waals surface area (Å²) in [6.45, 7) is 6.15. The van der Waals surface area contributed by atoms with E-state index in [2.05, 4.69) is 19.2 Å². The van der Waals surface area contributed by atoms with Gasteiger partial charge in [-0.15, -0.1) is 0 Å². The molecule has 1 unspecified atom stereocenters. The molecular weight excluding hydrogens is 174 g/mol. The molecule has 2 nitrogen and oxygen atoms in total. The number of hydrogen-bond acceptors (Lipinski definition) is 2. The number of nitrogens with one attached hydrogen (secondary N) is 1. The largest absolute Gasteiger partial charge is 0.396 e. The molecule has 0 radical (unpaired) electrons. The van der Waals surface area contributed by atoms with Gasteiger partial charge in [-0.1, -0.05) is 20.3 Å². The SMILES string of the molecule is CC(C)C1(CCCCO)CCCCN1. The van der Waals surface area contributed by atoms with Crippen molar-refractivity contribution >= 4 is 0 Å². The van der Waals surface area contributed by atoms with Crippen LogP contribution in [0.25, 0.3) is 0 Å². The second-order valence-electron chi connectivity index (χ2n) is 4.88. The van der Waals surface area contributed by atoms with Crippen molar-refractivity contribution in [3.63, 3.8) is 0 Å². The lowest BCUT2D eigenvalue weighted by molar-refractivity contribution is 0.160. The molecule has 0 aliphatic carbocycles. The maximum atomic E-state index is 8.80. The third-order valence-corrected chi connectivity index (χ3v) is 3.66.